The van der Waals surface area contributed by atoms with E-state index in [0.29, 0.717) is 6.54 Å². The van der Waals surface area contributed by atoms with Gasteiger partial charge in [0.15, 0.2) is 0 Å². The van der Waals surface area contributed by atoms with Crippen LogP contribution in [0.1, 0.15) is 40.0 Å². The van der Waals surface area contributed by atoms with Crippen LogP contribution in [0.25, 0.3) is 0 Å². The normalized spacial score (nSPS) is 15.2. The van der Waals surface area contributed by atoms with Crippen LogP contribution in [0, 0.1) is 5.92 Å². The van der Waals surface area contributed by atoms with E-state index in [-0.39, 0.29) is 0 Å². The zero-order valence-corrected chi connectivity index (χ0v) is 9.22. The molecular formula is C12H23N. The summed E-state index contributed by atoms with van der Waals surface area (Å²) in [7, 11) is 0. The standard InChI is InChI=1S/C12H23N/c1-4-7-12(10-13)9-6-8-11(3)5-2/h6-7,9,11H,4-5,8,10,13H2,1-3H3/b9-6-,12-7+. The molecule has 0 radical (unpaired) electrons. The third-order valence-electron chi connectivity index (χ3n) is 2.27. The molecule has 1 atom stereocenters. The molecule has 0 rings (SSSR count). The lowest BCUT2D eigenvalue weighted by atomic mass is 10.0. The second kappa shape index (κ2) is 8.06. The predicted octanol–water partition coefficient (Wildman–Crippen LogP) is 3.27. The maximum atomic E-state index is 5.59. The fourth-order valence-corrected chi connectivity index (χ4v) is 1.10. The van der Waals surface area contributed by atoms with E-state index in [1.807, 2.05) is 0 Å². The first-order chi connectivity index (χ1) is 6.24. The molecule has 0 fully saturated rings. The quantitative estimate of drug-likeness (QED) is 0.625. The van der Waals surface area contributed by atoms with Crippen LogP contribution in [0.3, 0.4) is 0 Å². The first kappa shape index (κ1) is 12.4. The summed E-state index contributed by atoms with van der Waals surface area (Å²) in [5.41, 5.74) is 6.84. The second-order valence-electron chi connectivity index (χ2n) is 3.54. The Bertz CT molecular complexity index is 168. The Hall–Kier alpha value is -0.560. The Morgan fingerprint density at radius 2 is 2.08 bits per heavy atom. The van der Waals surface area contributed by atoms with Gasteiger partial charge in [-0.2, -0.15) is 0 Å². The molecule has 0 aliphatic rings. The molecule has 0 aliphatic heterocycles. The molecule has 0 spiro atoms. The summed E-state index contributed by atoms with van der Waals surface area (Å²) < 4.78 is 0. The second-order valence-corrected chi connectivity index (χ2v) is 3.54. The molecule has 0 aliphatic carbocycles. The molecule has 0 saturated heterocycles. The van der Waals surface area contributed by atoms with Crippen molar-refractivity contribution in [3.63, 3.8) is 0 Å². The lowest BCUT2D eigenvalue weighted by molar-refractivity contribution is 0.572. The van der Waals surface area contributed by atoms with Crippen molar-refractivity contribution in [2.45, 2.75) is 40.0 Å². The van der Waals surface area contributed by atoms with E-state index in [1.165, 1.54) is 12.0 Å². The number of allylic oxidation sites excluding steroid dienone is 2. The van der Waals surface area contributed by atoms with Crippen LogP contribution in [0.15, 0.2) is 23.8 Å². The lowest BCUT2D eigenvalue weighted by Gasteiger charge is -2.03. The molecule has 13 heavy (non-hydrogen) atoms. The molecule has 0 aromatic heterocycles. The zero-order valence-electron chi connectivity index (χ0n) is 9.22. The first-order valence-electron chi connectivity index (χ1n) is 5.30. The van der Waals surface area contributed by atoms with Crippen molar-refractivity contribution in [1.29, 1.82) is 0 Å². The minimum atomic E-state index is 0.658. The van der Waals surface area contributed by atoms with Crippen molar-refractivity contribution >= 4 is 0 Å². The summed E-state index contributed by atoms with van der Waals surface area (Å²) in [6.07, 6.45) is 10.1. The van der Waals surface area contributed by atoms with Crippen molar-refractivity contribution < 1.29 is 0 Å². The predicted molar refractivity (Wildman–Crippen MR) is 60.6 cm³/mol. The Morgan fingerprint density at radius 1 is 1.38 bits per heavy atom. The molecule has 0 amide bonds. The van der Waals surface area contributed by atoms with Gasteiger partial charge in [0.05, 0.1) is 0 Å². The summed E-state index contributed by atoms with van der Waals surface area (Å²) in [6.45, 7) is 7.29. The molecule has 76 valence electrons. The van der Waals surface area contributed by atoms with Crippen molar-refractivity contribution in [1.82, 2.24) is 0 Å². The summed E-state index contributed by atoms with van der Waals surface area (Å²) >= 11 is 0. The van der Waals surface area contributed by atoms with E-state index in [0.717, 1.165) is 18.8 Å². The maximum absolute atomic E-state index is 5.59. The van der Waals surface area contributed by atoms with Crippen molar-refractivity contribution in [2.24, 2.45) is 11.7 Å². The summed E-state index contributed by atoms with van der Waals surface area (Å²) in [5, 5.41) is 0. The van der Waals surface area contributed by atoms with Gasteiger partial charge in [-0.25, -0.2) is 0 Å². The zero-order chi connectivity index (χ0) is 10.1. The third kappa shape index (κ3) is 6.59. The van der Waals surface area contributed by atoms with Crippen LogP contribution < -0.4 is 5.73 Å². The number of nitrogens with two attached hydrogens (primary N) is 1. The van der Waals surface area contributed by atoms with Gasteiger partial charge in [0.2, 0.25) is 0 Å². The molecule has 2 N–H and O–H groups in total. The average Bonchev–Trinajstić information content (AvgIpc) is 2.16. The minimum absolute atomic E-state index is 0.658. The highest BCUT2D eigenvalue weighted by Crippen LogP contribution is 2.08. The van der Waals surface area contributed by atoms with E-state index in [9.17, 15) is 0 Å². The number of hydrogen-bond acceptors (Lipinski definition) is 1. The molecule has 0 bridgehead atoms. The Balaban J connectivity index is 3.87. The fourth-order valence-electron chi connectivity index (χ4n) is 1.10. The molecule has 1 heteroatoms. The molecular weight excluding hydrogens is 158 g/mol. The van der Waals surface area contributed by atoms with Crippen LogP contribution in [0.4, 0.5) is 0 Å². The topological polar surface area (TPSA) is 26.0 Å². The third-order valence-corrected chi connectivity index (χ3v) is 2.27. The van der Waals surface area contributed by atoms with Gasteiger partial charge in [0.25, 0.3) is 0 Å². The van der Waals surface area contributed by atoms with Crippen molar-refractivity contribution in [2.75, 3.05) is 6.54 Å². The Labute approximate surface area is 82.7 Å². The van der Waals surface area contributed by atoms with Gasteiger partial charge < -0.3 is 5.73 Å². The fraction of sp³-hybridized carbons (Fsp3) is 0.667. The number of hydrogen-bond donors (Lipinski definition) is 1. The van der Waals surface area contributed by atoms with Crippen LogP contribution in [-0.2, 0) is 0 Å². The molecule has 0 heterocycles. The van der Waals surface area contributed by atoms with E-state index in [4.69, 9.17) is 5.73 Å². The largest absolute Gasteiger partial charge is 0.327 e. The van der Waals surface area contributed by atoms with E-state index >= 15 is 0 Å². The Morgan fingerprint density at radius 3 is 2.54 bits per heavy atom. The van der Waals surface area contributed by atoms with Gasteiger partial charge in [-0.1, -0.05) is 45.4 Å². The van der Waals surface area contributed by atoms with Crippen molar-refractivity contribution in [3.8, 4) is 0 Å². The smallest absolute Gasteiger partial charge is 0.0174 e. The first-order valence-corrected chi connectivity index (χ1v) is 5.30. The monoisotopic (exact) mass is 181 g/mol. The van der Waals surface area contributed by atoms with Gasteiger partial charge in [-0.15, -0.1) is 0 Å². The molecule has 0 aromatic carbocycles. The lowest BCUT2D eigenvalue weighted by Crippen LogP contribution is -2.00. The SMILES string of the molecule is CC/C=C(\C=C/CC(C)CC)CN. The van der Waals surface area contributed by atoms with E-state index < -0.39 is 0 Å². The summed E-state index contributed by atoms with van der Waals surface area (Å²) in [4.78, 5) is 0. The Kier molecular flexibility index (Phi) is 7.71. The van der Waals surface area contributed by atoms with Crippen molar-refractivity contribution in [3.05, 3.63) is 23.8 Å². The highest BCUT2D eigenvalue weighted by molar-refractivity contribution is 5.19. The number of rotatable bonds is 6. The van der Waals surface area contributed by atoms with Crippen LogP contribution in [0.5, 0.6) is 0 Å². The van der Waals surface area contributed by atoms with Gasteiger partial charge >= 0.3 is 0 Å². The van der Waals surface area contributed by atoms with Gasteiger partial charge in [-0.3, -0.25) is 0 Å². The summed E-state index contributed by atoms with van der Waals surface area (Å²) in [5.74, 6) is 0.789. The van der Waals surface area contributed by atoms with Crippen LogP contribution in [0.2, 0.25) is 0 Å². The van der Waals surface area contributed by atoms with Gasteiger partial charge in [-0.05, 0) is 24.3 Å². The minimum Gasteiger partial charge on any atom is -0.327 e. The van der Waals surface area contributed by atoms with Gasteiger partial charge in [0.1, 0.15) is 0 Å². The van der Waals surface area contributed by atoms with Gasteiger partial charge in [0, 0.05) is 6.54 Å². The molecule has 1 unspecified atom stereocenters. The highest BCUT2D eigenvalue weighted by atomic mass is 14.5. The molecule has 0 aromatic rings. The van der Waals surface area contributed by atoms with E-state index in [1.54, 1.807) is 0 Å². The molecule has 1 nitrogen and oxygen atoms in total. The van der Waals surface area contributed by atoms with E-state index in [2.05, 4.69) is 39.0 Å². The average molecular weight is 181 g/mol. The highest BCUT2D eigenvalue weighted by Gasteiger charge is 1.93. The molecule has 0 saturated carbocycles. The maximum Gasteiger partial charge on any atom is 0.0174 e. The van der Waals surface area contributed by atoms with Crippen LogP contribution >= 0.6 is 0 Å². The summed E-state index contributed by atoms with van der Waals surface area (Å²) in [6, 6.07) is 0. The van der Waals surface area contributed by atoms with Crippen LogP contribution in [-0.4, -0.2) is 6.54 Å².